The molecule has 2 heterocycles. The van der Waals surface area contributed by atoms with Gasteiger partial charge in [-0.05, 0) is 66.6 Å². The van der Waals surface area contributed by atoms with Crippen LogP contribution in [-0.4, -0.2) is 37.0 Å². The van der Waals surface area contributed by atoms with E-state index in [0.29, 0.717) is 16.5 Å². The molecule has 1 aliphatic rings. The smallest absolute Gasteiger partial charge is 0.248 e. The Bertz CT molecular complexity index is 1370. The fourth-order valence-electron chi connectivity index (χ4n) is 4.45. The molecular weight excluding hydrogens is 482 g/mol. The second-order valence-corrected chi connectivity index (χ2v) is 9.69. The van der Waals surface area contributed by atoms with Crippen LogP contribution in [0.3, 0.4) is 0 Å². The Morgan fingerprint density at radius 1 is 0.946 bits per heavy atom. The van der Waals surface area contributed by atoms with Crippen LogP contribution in [-0.2, 0) is 11.3 Å². The minimum atomic E-state index is -0.210. The molecule has 1 saturated heterocycles. The van der Waals surface area contributed by atoms with E-state index in [9.17, 15) is 4.79 Å². The van der Waals surface area contributed by atoms with Gasteiger partial charge >= 0.3 is 0 Å². The van der Waals surface area contributed by atoms with E-state index in [1.807, 2.05) is 49.4 Å². The number of piperazine rings is 1. The first-order valence-corrected chi connectivity index (χ1v) is 12.9. The Morgan fingerprint density at radius 2 is 1.70 bits per heavy atom. The Kier molecular flexibility index (Phi) is 7.73. The molecule has 0 atom stereocenters. The molecule has 0 spiro atoms. The lowest BCUT2D eigenvalue weighted by Gasteiger charge is -2.36. The van der Waals surface area contributed by atoms with E-state index in [1.54, 1.807) is 6.08 Å². The molecule has 1 aromatic heterocycles. The SMILES string of the molecule is Cc1ccc(-c2ccc(/C=C/C(=O)Nc3ccc(N4CCN(Cc5ccccc5)CC4)cc3)o2)cc1Cl. The summed E-state index contributed by atoms with van der Waals surface area (Å²) in [6.45, 7) is 6.99. The van der Waals surface area contributed by atoms with Crippen molar-refractivity contribution in [1.82, 2.24) is 4.90 Å². The number of nitrogens with zero attached hydrogens (tertiary/aromatic N) is 2. The second-order valence-electron chi connectivity index (χ2n) is 9.28. The number of halogens is 1. The van der Waals surface area contributed by atoms with Gasteiger partial charge in [0.25, 0.3) is 0 Å². The maximum absolute atomic E-state index is 12.4. The molecular formula is C31H30ClN3O2. The standard InChI is InChI=1S/C31H30ClN3O2/c1-23-7-8-25(21-29(23)32)30-15-13-28(37-30)14-16-31(36)33-26-9-11-27(12-10-26)35-19-17-34(18-20-35)22-24-5-3-2-4-6-24/h2-16,21H,17-20,22H2,1H3,(H,33,36)/b16-14+. The number of anilines is 2. The van der Waals surface area contributed by atoms with Crippen LogP contribution in [0.15, 0.2) is 95.4 Å². The van der Waals surface area contributed by atoms with Crippen molar-refractivity contribution in [2.24, 2.45) is 0 Å². The van der Waals surface area contributed by atoms with Gasteiger partial charge in [-0.3, -0.25) is 9.69 Å². The predicted octanol–water partition coefficient (Wildman–Crippen LogP) is 6.88. The molecule has 6 heteroatoms. The van der Waals surface area contributed by atoms with E-state index in [4.69, 9.17) is 16.0 Å². The van der Waals surface area contributed by atoms with E-state index in [0.717, 1.165) is 49.5 Å². The number of hydrogen-bond donors (Lipinski definition) is 1. The van der Waals surface area contributed by atoms with E-state index < -0.39 is 0 Å². The van der Waals surface area contributed by atoms with Crippen LogP contribution >= 0.6 is 11.6 Å². The lowest BCUT2D eigenvalue weighted by Crippen LogP contribution is -2.45. The lowest BCUT2D eigenvalue weighted by atomic mass is 10.1. The van der Waals surface area contributed by atoms with Gasteiger partial charge in [0.05, 0.1) is 0 Å². The first-order chi connectivity index (χ1) is 18.0. The predicted molar refractivity (Wildman–Crippen MR) is 152 cm³/mol. The van der Waals surface area contributed by atoms with Gasteiger partial charge in [0, 0.05) is 60.8 Å². The van der Waals surface area contributed by atoms with Crippen molar-refractivity contribution in [3.63, 3.8) is 0 Å². The fourth-order valence-corrected chi connectivity index (χ4v) is 4.63. The number of carbonyl (C=O) groups is 1. The molecule has 188 valence electrons. The van der Waals surface area contributed by atoms with Crippen LogP contribution in [0.4, 0.5) is 11.4 Å². The zero-order valence-corrected chi connectivity index (χ0v) is 21.6. The molecule has 0 radical (unpaired) electrons. The van der Waals surface area contributed by atoms with Crippen LogP contribution in [0.2, 0.25) is 5.02 Å². The Labute approximate surface area is 223 Å². The number of benzene rings is 3. The molecule has 1 aliphatic heterocycles. The summed E-state index contributed by atoms with van der Waals surface area (Å²) in [5.74, 6) is 1.10. The van der Waals surface area contributed by atoms with Gasteiger partial charge in [0.15, 0.2) is 0 Å². The number of hydrogen-bond acceptors (Lipinski definition) is 4. The van der Waals surface area contributed by atoms with E-state index >= 15 is 0 Å². The molecule has 0 saturated carbocycles. The van der Waals surface area contributed by atoms with Crippen molar-refractivity contribution in [3.05, 3.63) is 113 Å². The van der Waals surface area contributed by atoms with Gasteiger partial charge in [-0.1, -0.05) is 54.1 Å². The van der Waals surface area contributed by atoms with Crippen LogP contribution in [0, 0.1) is 6.92 Å². The molecule has 1 amide bonds. The van der Waals surface area contributed by atoms with Crippen molar-refractivity contribution >= 4 is 35.0 Å². The molecule has 37 heavy (non-hydrogen) atoms. The molecule has 3 aromatic carbocycles. The van der Waals surface area contributed by atoms with Crippen LogP contribution in [0.25, 0.3) is 17.4 Å². The first-order valence-electron chi connectivity index (χ1n) is 12.5. The number of carbonyl (C=O) groups excluding carboxylic acids is 1. The molecule has 1 N–H and O–H groups in total. The van der Waals surface area contributed by atoms with Gasteiger partial charge < -0.3 is 14.6 Å². The summed E-state index contributed by atoms with van der Waals surface area (Å²) < 4.78 is 5.85. The molecule has 4 aromatic rings. The van der Waals surface area contributed by atoms with Crippen LogP contribution in [0.5, 0.6) is 0 Å². The number of rotatable bonds is 7. The summed E-state index contributed by atoms with van der Waals surface area (Å²) in [5, 5.41) is 3.61. The largest absolute Gasteiger partial charge is 0.457 e. The molecule has 5 rings (SSSR count). The number of aryl methyl sites for hydroxylation is 1. The third-order valence-corrected chi connectivity index (χ3v) is 7.01. The van der Waals surface area contributed by atoms with Gasteiger partial charge in [-0.25, -0.2) is 0 Å². The van der Waals surface area contributed by atoms with E-state index in [1.165, 1.54) is 17.3 Å². The minimum absolute atomic E-state index is 0.210. The first kappa shape index (κ1) is 24.9. The van der Waals surface area contributed by atoms with Crippen LogP contribution in [0.1, 0.15) is 16.9 Å². The summed E-state index contributed by atoms with van der Waals surface area (Å²) in [4.78, 5) is 17.3. The summed E-state index contributed by atoms with van der Waals surface area (Å²) in [7, 11) is 0. The van der Waals surface area contributed by atoms with E-state index in [-0.39, 0.29) is 5.91 Å². The highest BCUT2D eigenvalue weighted by Crippen LogP contribution is 2.27. The Morgan fingerprint density at radius 3 is 2.43 bits per heavy atom. The third kappa shape index (κ3) is 6.50. The molecule has 0 bridgehead atoms. The van der Waals surface area contributed by atoms with Crippen molar-refractivity contribution in [2.75, 3.05) is 36.4 Å². The highest BCUT2D eigenvalue weighted by Gasteiger charge is 2.17. The number of furan rings is 1. The quantitative estimate of drug-likeness (QED) is 0.275. The van der Waals surface area contributed by atoms with Crippen LogP contribution < -0.4 is 10.2 Å². The Balaban J connectivity index is 1.11. The highest BCUT2D eigenvalue weighted by atomic mass is 35.5. The monoisotopic (exact) mass is 511 g/mol. The lowest BCUT2D eigenvalue weighted by molar-refractivity contribution is -0.111. The third-order valence-electron chi connectivity index (χ3n) is 6.60. The average molecular weight is 512 g/mol. The van der Waals surface area contributed by atoms with Crippen molar-refractivity contribution in [2.45, 2.75) is 13.5 Å². The highest BCUT2D eigenvalue weighted by molar-refractivity contribution is 6.31. The molecule has 0 unspecified atom stereocenters. The molecule has 5 nitrogen and oxygen atoms in total. The maximum atomic E-state index is 12.4. The van der Waals surface area contributed by atoms with Crippen molar-refractivity contribution < 1.29 is 9.21 Å². The maximum Gasteiger partial charge on any atom is 0.248 e. The average Bonchev–Trinajstić information content (AvgIpc) is 3.40. The number of amides is 1. The number of nitrogens with one attached hydrogen (secondary N) is 1. The minimum Gasteiger partial charge on any atom is -0.457 e. The summed E-state index contributed by atoms with van der Waals surface area (Å²) >= 11 is 6.22. The van der Waals surface area contributed by atoms with Gasteiger partial charge in [0.2, 0.25) is 5.91 Å². The summed E-state index contributed by atoms with van der Waals surface area (Å²) in [6, 6.07) is 28.2. The van der Waals surface area contributed by atoms with Crippen molar-refractivity contribution in [1.29, 1.82) is 0 Å². The molecule has 0 aliphatic carbocycles. The Hall–Kier alpha value is -3.80. The van der Waals surface area contributed by atoms with Gasteiger partial charge in [0.1, 0.15) is 11.5 Å². The van der Waals surface area contributed by atoms with Gasteiger partial charge in [-0.15, -0.1) is 0 Å². The van der Waals surface area contributed by atoms with E-state index in [2.05, 4.69) is 57.6 Å². The fraction of sp³-hybridized carbons (Fsp3) is 0.194. The van der Waals surface area contributed by atoms with Crippen molar-refractivity contribution in [3.8, 4) is 11.3 Å². The summed E-state index contributed by atoms with van der Waals surface area (Å²) in [5.41, 5.74) is 5.21. The molecule has 1 fully saturated rings. The zero-order valence-electron chi connectivity index (χ0n) is 20.9. The zero-order chi connectivity index (χ0) is 25.6. The topological polar surface area (TPSA) is 48.7 Å². The normalized spacial score (nSPS) is 14.3. The second kappa shape index (κ2) is 11.5. The van der Waals surface area contributed by atoms with Gasteiger partial charge in [-0.2, -0.15) is 0 Å². The summed E-state index contributed by atoms with van der Waals surface area (Å²) in [6.07, 6.45) is 3.14.